The second-order valence-corrected chi connectivity index (χ2v) is 8.59. The van der Waals surface area contributed by atoms with Crippen molar-refractivity contribution in [1.82, 2.24) is 19.1 Å². The highest BCUT2D eigenvalue weighted by atomic mass is 15.3. The second kappa shape index (κ2) is 8.11. The molecule has 1 fully saturated rings. The summed E-state index contributed by atoms with van der Waals surface area (Å²) in [6.07, 6.45) is 7.48. The molecule has 0 spiro atoms. The lowest BCUT2D eigenvalue weighted by molar-refractivity contribution is 0.278. The van der Waals surface area contributed by atoms with Crippen LogP contribution >= 0.6 is 0 Å². The van der Waals surface area contributed by atoms with Crippen LogP contribution in [0.5, 0.6) is 0 Å². The third kappa shape index (κ3) is 3.56. The van der Waals surface area contributed by atoms with Crippen molar-refractivity contribution in [3.8, 4) is 22.5 Å². The van der Waals surface area contributed by atoms with Crippen LogP contribution in [0.1, 0.15) is 36.8 Å². The van der Waals surface area contributed by atoms with Crippen LogP contribution in [0.15, 0.2) is 60.8 Å². The molecule has 1 aliphatic rings. The molecule has 0 unspecified atom stereocenters. The minimum atomic E-state index is 0.957. The van der Waals surface area contributed by atoms with E-state index < -0.39 is 0 Å². The summed E-state index contributed by atoms with van der Waals surface area (Å²) in [4.78, 5) is 2.62. The van der Waals surface area contributed by atoms with Crippen molar-refractivity contribution in [2.45, 2.75) is 39.2 Å². The summed E-state index contributed by atoms with van der Waals surface area (Å²) in [6.45, 7) is 5.45. The standard InChI is InChI=1S/C26H30N4/c1-20-12-14-21(15-13-20)24-19-30-26(28(24)2)23(18-29-16-8-3-4-9-17-29)25(27-30)22-10-6-5-7-11-22/h5-7,10-15,19H,3-4,8-9,16-18H2,1-2H3. The fraction of sp³-hybridized carbons (Fsp3) is 0.346. The van der Waals surface area contributed by atoms with Gasteiger partial charge in [-0.25, -0.2) is 4.52 Å². The van der Waals surface area contributed by atoms with E-state index in [1.807, 2.05) is 0 Å². The number of imidazole rings is 1. The summed E-state index contributed by atoms with van der Waals surface area (Å²) in [6, 6.07) is 19.4. The van der Waals surface area contributed by atoms with Gasteiger partial charge in [0, 0.05) is 24.7 Å². The van der Waals surface area contributed by atoms with E-state index in [9.17, 15) is 0 Å². The zero-order valence-electron chi connectivity index (χ0n) is 18.0. The van der Waals surface area contributed by atoms with Crippen LogP contribution in [0.2, 0.25) is 0 Å². The molecule has 0 radical (unpaired) electrons. The van der Waals surface area contributed by atoms with Crippen LogP contribution in [-0.4, -0.2) is 32.2 Å². The van der Waals surface area contributed by atoms with E-state index in [4.69, 9.17) is 5.10 Å². The first-order valence-corrected chi connectivity index (χ1v) is 11.1. The van der Waals surface area contributed by atoms with Crippen molar-refractivity contribution >= 4 is 5.65 Å². The number of fused-ring (bicyclic) bond motifs is 1. The van der Waals surface area contributed by atoms with Gasteiger partial charge in [-0.05, 0) is 38.4 Å². The van der Waals surface area contributed by atoms with Gasteiger partial charge in [0.15, 0.2) is 0 Å². The van der Waals surface area contributed by atoms with Gasteiger partial charge in [-0.2, -0.15) is 5.10 Å². The van der Waals surface area contributed by atoms with Crippen LogP contribution in [0.3, 0.4) is 0 Å². The molecule has 30 heavy (non-hydrogen) atoms. The first kappa shape index (κ1) is 19.1. The van der Waals surface area contributed by atoms with Crippen molar-refractivity contribution < 1.29 is 0 Å². The zero-order chi connectivity index (χ0) is 20.5. The van der Waals surface area contributed by atoms with Gasteiger partial charge in [0.05, 0.1) is 17.6 Å². The molecule has 1 aliphatic heterocycles. The largest absolute Gasteiger partial charge is 0.327 e. The molecule has 2 aromatic heterocycles. The van der Waals surface area contributed by atoms with Gasteiger partial charge in [0.1, 0.15) is 5.65 Å². The quantitative estimate of drug-likeness (QED) is 0.441. The molecular weight excluding hydrogens is 368 g/mol. The second-order valence-electron chi connectivity index (χ2n) is 8.59. The molecular formula is C26H30N4. The molecule has 1 saturated heterocycles. The molecule has 0 atom stereocenters. The number of aromatic nitrogens is 3. The Morgan fingerprint density at radius 3 is 2.23 bits per heavy atom. The SMILES string of the molecule is Cc1ccc(-c2cn3nc(-c4ccccc4)c(CN4CCCCCC4)c3n2C)cc1. The van der Waals surface area contributed by atoms with Crippen molar-refractivity contribution in [2.24, 2.45) is 7.05 Å². The van der Waals surface area contributed by atoms with E-state index in [-0.39, 0.29) is 0 Å². The monoisotopic (exact) mass is 398 g/mol. The minimum Gasteiger partial charge on any atom is -0.327 e. The van der Waals surface area contributed by atoms with Crippen molar-refractivity contribution in [3.05, 3.63) is 71.9 Å². The summed E-state index contributed by atoms with van der Waals surface area (Å²) in [5.74, 6) is 0. The van der Waals surface area contributed by atoms with Gasteiger partial charge in [-0.3, -0.25) is 4.90 Å². The topological polar surface area (TPSA) is 25.5 Å². The number of likely N-dealkylation sites (tertiary alicyclic amines) is 1. The predicted octanol–water partition coefficient (Wildman–Crippen LogP) is 5.69. The number of rotatable bonds is 4. The molecule has 4 nitrogen and oxygen atoms in total. The smallest absolute Gasteiger partial charge is 0.141 e. The van der Waals surface area contributed by atoms with Gasteiger partial charge >= 0.3 is 0 Å². The van der Waals surface area contributed by atoms with Crippen LogP contribution in [0.4, 0.5) is 0 Å². The van der Waals surface area contributed by atoms with Gasteiger partial charge in [0.25, 0.3) is 0 Å². The molecule has 3 heterocycles. The summed E-state index contributed by atoms with van der Waals surface area (Å²) < 4.78 is 4.40. The summed E-state index contributed by atoms with van der Waals surface area (Å²) in [5, 5.41) is 5.07. The molecule has 0 N–H and O–H groups in total. The summed E-state index contributed by atoms with van der Waals surface area (Å²) >= 11 is 0. The molecule has 4 heteroatoms. The highest BCUT2D eigenvalue weighted by Gasteiger charge is 2.22. The van der Waals surface area contributed by atoms with Crippen molar-refractivity contribution in [2.75, 3.05) is 13.1 Å². The molecule has 4 aromatic rings. The number of aryl methyl sites for hydroxylation is 2. The third-order valence-electron chi connectivity index (χ3n) is 6.38. The average molecular weight is 399 g/mol. The average Bonchev–Trinajstić information content (AvgIpc) is 3.14. The van der Waals surface area contributed by atoms with E-state index >= 15 is 0 Å². The van der Waals surface area contributed by atoms with Crippen molar-refractivity contribution in [1.29, 1.82) is 0 Å². The van der Waals surface area contributed by atoms with E-state index in [1.165, 1.54) is 72.4 Å². The molecule has 0 amide bonds. The zero-order valence-corrected chi connectivity index (χ0v) is 18.0. The Morgan fingerprint density at radius 2 is 1.53 bits per heavy atom. The number of benzene rings is 2. The number of hydrogen-bond acceptors (Lipinski definition) is 2. The Balaban J connectivity index is 1.63. The normalized spacial score (nSPS) is 15.5. The number of hydrogen-bond donors (Lipinski definition) is 0. The fourth-order valence-corrected chi connectivity index (χ4v) is 4.71. The highest BCUT2D eigenvalue weighted by molar-refractivity contribution is 5.74. The van der Waals surface area contributed by atoms with E-state index in [2.05, 4.69) is 88.7 Å². The lowest BCUT2D eigenvalue weighted by Gasteiger charge is -2.20. The van der Waals surface area contributed by atoms with E-state index in [0.717, 1.165) is 12.2 Å². The van der Waals surface area contributed by atoms with E-state index in [1.54, 1.807) is 0 Å². The van der Waals surface area contributed by atoms with Crippen LogP contribution < -0.4 is 0 Å². The Kier molecular flexibility index (Phi) is 5.17. The summed E-state index contributed by atoms with van der Waals surface area (Å²) in [5.41, 5.74) is 8.57. The fourth-order valence-electron chi connectivity index (χ4n) is 4.71. The Bertz CT molecular complexity index is 1130. The van der Waals surface area contributed by atoms with Crippen LogP contribution in [0, 0.1) is 6.92 Å². The highest BCUT2D eigenvalue weighted by Crippen LogP contribution is 2.32. The lowest BCUT2D eigenvalue weighted by Crippen LogP contribution is -2.24. The molecule has 0 saturated carbocycles. The predicted molar refractivity (Wildman–Crippen MR) is 124 cm³/mol. The van der Waals surface area contributed by atoms with Gasteiger partial charge in [-0.15, -0.1) is 0 Å². The van der Waals surface area contributed by atoms with Crippen molar-refractivity contribution in [3.63, 3.8) is 0 Å². The molecule has 2 aromatic carbocycles. The van der Waals surface area contributed by atoms with Gasteiger partial charge < -0.3 is 4.57 Å². The lowest BCUT2D eigenvalue weighted by atomic mass is 10.1. The van der Waals surface area contributed by atoms with Gasteiger partial charge in [-0.1, -0.05) is 73.0 Å². The van der Waals surface area contributed by atoms with Crippen LogP contribution in [0.25, 0.3) is 28.2 Å². The maximum atomic E-state index is 5.07. The maximum absolute atomic E-state index is 5.07. The maximum Gasteiger partial charge on any atom is 0.141 e. The Labute approximate surface area is 178 Å². The molecule has 0 aliphatic carbocycles. The first-order valence-electron chi connectivity index (χ1n) is 11.1. The number of nitrogens with zero attached hydrogens (tertiary/aromatic N) is 4. The first-order chi connectivity index (χ1) is 14.7. The van der Waals surface area contributed by atoms with Gasteiger partial charge in [0.2, 0.25) is 0 Å². The molecule has 154 valence electrons. The molecule has 0 bridgehead atoms. The Hall–Kier alpha value is -2.85. The molecule has 5 rings (SSSR count). The van der Waals surface area contributed by atoms with Crippen LogP contribution in [-0.2, 0) is 13.6 Å². The minimum absolute atomic E-state index is 0.957. The Morgan fingerprint density at radius 1 is 0.833 bits per heavy atom. The summed E-state index contributed by atoms with van der Waals surface area (Å²) in [7, 11) is 2.17. The van der Waals surface area contributed by atoms with E-state index in [0.29, 0.717) is 0 Å². The third-order valence-corrected chi connectivity index (χ3v) is 6.38.